The molecule has 7 nitrogen and oxygen atoms in total. The van der Waals surface area contributed by atoms with Crippen LogP contribution in [0.3, 0.4) is 0 Å². The van der Waals surface area contributed by atoms with E-state index in [0.29, 0.717) is 41.7 Å². The Morgan fingerprint density at radius 2 is 1.86 bits per heavy atom. The van der Waals surface area contributed by atoms with E-state index in [-0.39, 0.29) is 12.7 Å². The highest BCUT2D eigenvalue weighted by Gasteiger charge is 2.28. The van der Waals surface area contributed by atoms with Crippen LogP contribution in [0.4, 0.5) is 5.69 Å². The summed E-state index contributed by atoms with van der Waals surface area (Å²) in [4.78, 5) is 13.1. The molecule has 2 aliphatic rings. The predicted molar refractivity (Wildman–Crippen MR) is 137 cm³/mol. The number of anilines is 1. The lowest BCUT2D eigenvalue weighted by atomic mass is 10.1. The van der Waals surface area contributed by atoms with Crippen molar-refractivity contribution in [1.82, 2.24) is 0 Å². The quantitative estimate of drug-likeness (QED) is 0.349. The van der Waals surface area contributed by atoms with E-state index in [2.05, 4.69) is 21.0 Å². The van der Waals surface area contributed by atoms with Crippen LogP contribution in [0.25, 0.3) is 6.08 Å². The number of nitrogens with zero attached hydrogens (tertiary/aromatic N) is 2. The van der Waals surface area contributed by atoms with Crippen molar-refractivity contribution < 1.29 is 23.7 Å². The minimum atomic E-state index is -0.175. The molecule has 2 aliphatic heterocycles. The van der Waals surface area contributed by atoms with Gasteiger partial charge in [-0.15, -0.1) is 0 Å². The monoisotopic (exact) mass is 534 g/mol. The second kappa shape index (κ2) is 9.84. The van der Waals surface area contributed by atoms with Crippen LogP contribution in [0.2, 0.25) is 0 Å². The number of halogens is 1. The molecule has 0 spiro atoms. The van der Waals surface area contributed by atoms with Gasteiger partial charge >= 0.3 is 0 Å². The Bertz CT molecular complexity index is 1340. The molecule has 2 heterocycles. The van der Waals surface area contributed by atoms with Gasteiger partial charge in [-0.3, -0.25) is 4.79 Å². The smallest absolute Gasteiger partial charge is 0.280 e. The van der Waals surface area contributed by atoms with Gasteiger partial charge in [0.25, 0.3) is 5.91 Å². The van der Waals surface area contributed by atoms with Gasteiger partial charge in [0.1, 0.15) is 6.61 Å². The van der Waals surface area contributed by atoms with Crippen molar-refractivity contribution in [2.24, 2.45) is 5.10 Å². The number of benzene rings is 3. The Morgan fingerprint density at radius 3 is 2.66 bits per heavy atom. The molecular weight excluding hydrogens is 512 g/mol. The number of para-hydroxylation sites is 1. The lowest BCUT2D eigenvalue weighted by Crippen LogP contribution is -2.21. The number of hydrogen-bond acceptors (Lipinski definition) is 6. The van der Waals surface area contributed by atoms with Gasteiger partial charge in [0.15, 0.2) is 23.0 Å². The maximum Gasteiger partial charge on any atom is 0.280 e. The van der Waals surface area contributed by atoms with Gasteiger partial charge in [0, 0.05) is 0 Å². The first-order chi connectivity index (χ1) is 17.0. The molecule has 0 fully saturated rings. The molecule has 0 saturated carbocycles. The molecule has 3 aromatic carbocycles. The first-order valence-electron chi connectivity index (χ1n) is 11.2. The molecular formula is C27H23BrN2O5. The van der Waals surface area contributed by atoms with Crippen LogP contribution in [0.1, 0.15) is 25.0 Å². The van der Waals surface area contributed by atoms with E-state index in [0.717, 1.165) is 27.0 Å². The summed E-state index contributed by atoms with van der Waals surface area (Å²) in [6, 6.07) is 18.8. The summed E-state index contributed by atoms with van der Waals surface area (Å²) in [5.74, 6) is 2.43. The van der Waals surface area contributed by atoms with Crippen LogP contribution >= 0.6 is 15.9 Å². The van der Waals surface area contributed by atoms with Crippen molar-refractivity contribution in [3.8, 4) is 23.0 Å². The molecule has 0 aliphatic carbocycles. The molecule has 178 valence electrons. The first-order valence-corrected chi connectivity index (χ1v) is 12.0. The van der Waals surface area contributed by atoms with Crippen molar-refractivity contribution in [1.29, 1.82) is 0 Å². The Balaban J connectivity index is 1.39. The number of amides is 1. The van der Waals surface area contributed by atoms with E-state index in [1.165, 1.54) is 5.01 Å². The van der Waals surface area contributed by atoms with Gasteiger partial charge < -0.3 is 18.9 Å². The molecule has 35 heavy (non-hydrogen) atoms. The Morgan fingerprint density at radius 1 is 1.06 bits per heavy atom. The van der Waals surface area contributed by atoms with Gasteiger partial charge in [-0.05, 0) is 83.4 Å². The van der Waals surface area contributed by atoms with Crippen LogP contribution in [0.15, 0.2) is 75.8 Å². The third-order valence-electron chi connectivity index (χ3n) is 5.53. The highest BCUT2D eigenvalue weighted by molar-refractivity contribution is 9.10. The van der Waals surface area contributed by atoms with E-state index in [4.69, 9.17) is 18.9 Å². The molecule has 3 aromatic rings. The maximum atomic E-state index is 13.1. The largest absolute Gasteiger partial charge is 0.490 e. The van der Waals surface area contributed by atoms with Crippen molar-refractivity contribution in [2.45, 2.75) is 20.5 Å². The number of ether oxygens (including phenoxy) is 4. The minimum absolute atomic E-state index is 0.175. The molecule has 0 aromatic heterocycles. The molecule has 0 N–H and O–H groups in total. The van der Waals surface area contributed by atoms with E-state index < -0.39 is 0 Å². The SMILES string of the molecule is CCOc1cc(/C=C2/C(=O)N(c3ccccc3)N=C2C)cc(Br)c1OCc1ccc2c(c1)OCO2. The maximum absolute atomic E-state index is 13.1. The van der Waals surface area contributed by atoms with Crippen molar-refractivity contribution in [3.05, 3.63) is 81.8 Å². The fourth-order valence-electron chi connectivity index (χ4n) is 3.86. The molecule has 0 unspecified atom stereocenters. The second-order valence-electron chi connectivity index (χ2n) is 7.94. The predicted octanol–water partition coefficient (Wildman–Crippen LogP) is 5.96. The topological polar surface area (TPSA) is 69.6 Å². The summed E-state index contributed by atoms with van der Waals surface area (Å²) < 4.78 is 23.5. The molecule has 0 radical (unpaired) electrons. The Kier molecular flexibility index (Phi) is 6.46. The van der Waals surface area contributed by atoms with E-state index >= 15 is 0 Å². The van der Waals surface area contributed by atoms with Gasteiger partial charge in [-0.25, -0.2) is 0 Å². The van der Waals surface area contributed by atoms with Crippen LogP contribution in [0, 0.1) is 0 Å². The molecule has 0 bridgehead atoms. The van der Waals surface area contributed by atoms with Crippen molar-refractivity contribution in [3.63, 3.8) is 0 Å². The number of hydrazone groups is 1. The number of fused-ring (bicyclic) bond motifs is 1. The van der Waals surface area contributed by atoms with Gasteiger partial charge in [-0.2, -0.15) is 10.1 Å². The number of hydrogen-bond donors (Lipinski definition) is 0. The number of carbonyl (C=O) groups is 1. The Labute approximate surface area is 211 Å². The van der Waals surface area contributed by atoms with Gasteiger partial charge in [-0.1, -0.05) is 24.3 Å². The van der Waals surface area contributed by atoms with Gasteiger partial charge in [0.2, 0.25) is 6.79 Å². The molecule has 0 saturated heterocycles. The molecule has 8 heteroatoms. The molecule has 5 rings (SSSR count). The second-order valence-corrected chi connectivity index (χ2v) is 8.79. The molecule has 0 atom stereocenters. The minimum Gasteiger partial charge on any atom is -0.490 e. The third kappa shape index (κ3) is 4.74. The summed E-state index contributed by atoms with van der Waals surface area (Å²) in [5, 5.41) is 5.87. The number of rotatable bonds is 7. The van der Waals surface area contributed by atoms with E-state index in [1.807, 2.05) is 80.6 Å². The van der Waals surface area contributed by atoms with Crippen LogP contribution in [0.5, 0.6) is 23.0 Å². The zero-order valence-electron chi connectivity index (χ0n) is 19.3. The lowest BCUT2D eigenvalue weighted by Gasteiger charge is -2.15. The third-order valence-corrected chi connectivity index (χ3v) is 6.12. The van der Waals surface area contributed by atoms with Crippen molar-refractivity contribution in [2.75, 3.05) is 18.4 Å². The zero-order chi connectivity index (χ0) is 24.4. The van der Waals surface area contributed by atoms with Crippen LogP contribution < -0.4 is 24.0 Å². The summed E-state index contributed by atoms with van der Waals surface area (Å²) in [6.45, 7) is 4.76. The highest BCUT2D eigenvalue weighted by atomic mass is 79.9. The average Bonchev–Trinajstić information content (AvgIpc) is 3.44. The summed E-state index contributed by atoms with van der Waals surface area (Å²) in [7, 11) is 0. The van der Waals surface area contributed by atoms with E-state index in [1.54, 1.807) is 0 Å². The average molecular weight is 535 g/mol. The van der Waals surface area contributed by atoms with Gasteiger partial charge in [0.05, 0.1) is 28.1 Å². The summed E-state index contributed by atoms with van der Waals surface area (Å²) >= 11 is 3.61. The fourth-order valence-corrected chi connectivity index (χ4v) is 4.43. The normalized spacial score (nSPS) is 15.5. The summed E-state index contributed by atoms with van der Waals surface area (Å²) in [6.07, 6.45) is 1.82. The van der Waals surface area contributed by atoms with Crippen LogP contribution in [-0.4, -0.2) is 25.0 Å². The first kappa shape index (κ1) is 23.0. The number of carbonyl (C=O) groups excluding carboxylic acids is 1. The zero-order valence-corrected chi connectivity index (χ0v) is 20.9. The van der Waals surface area contributed by atoms with Crippen LogP contribution in [-0.2, 0) is 11.4 Å². The summed E-state index contributed by atoms with van der Waals surface area (Å²) in [5.41, 5.74) is 3.64. The standard InChI is InChI=1S/C27H23BrN2O5/c1-3-32-25-14-19(11-21-17(2)29-30(27(21)31)20-7-5-4-6-8-20)12-22(28)26(25)33-15-18-9-10-23-24(13-18)35-16-34-23/h4-14H,3,15-16H2,1-2H3/b21-11+. The lowest BCUT2D eigenvalue weighted by molar-refractivity contribution is -0.114. The van der Waals surface area contributed by atoms with E-state index in [9.17, 15) is 4.79 Å². The van der Waals surface area contributed by atoms with Crippen molar-refractivity contribution >= 4 is 39.3 Å². The Hall–Kier alpha value is -3.78. The fraction of sp³-hybridized carbons (Fsp3) is 0.185. The molecule has 1 amide bonds. The highest BCUT2D eigenvalue weighted by Crippen LogP contribution is 2.39.